The van der Waals surface area contributed by atoms with Crippen LogP contribution in [-0.2, 0) is 11.8 Å². The summed E-state index contributed by atoms with van der Waals surface area (Å²) in [6, 6.07) is 0. The van der Waals surface area contributed by atoms with Crippen LogP contribution in [0.5, 0.6) is 0 Å². The number of aryl methyl sites for hydroxylation is 1. The smallest absolute Gasteiger partial charge is 0.239 e. The van der Waals surface area contributed by atoms with Gasteiger partial charge in [-0.15, -0.1) is 20.4 Å². The zero-order valence-corrected chi connectivity index (χ0v) is 14.0. The Balaban J connectivity index is 2.01. The number of hydrogen-bond acceptors (Lipinski definition) is 7. The summed E-state index contributed by atoms with van der Waals surface area (Å²) < 4.78 is 1.79. The Labute approximate surface area is 131 Å². The molecule has 0 fully saturated rings. The van der Waals surface area contributed by atoms with Crippen LogP contribution in [0.3, 0.4) is 0 Å². The predicted octanol–water partition coefficient (Wildman–Crippen LogP) is 2.30. The molecule has 0 aromatic carbocycles. The van der Waals surface area contributed by atoms with Crippen molar-refractivity contribution in [1.29, 1.82) is 0 Å². The molecule has 7 nitrogen and oxygen atoms in total. The summed E-state index contributed by atoms with van der Waals surface area (Å²) >= 11 is 2.81. The number of nitrogens with one attached hydrogen (secondary N) is 1. The van der Waals surface area contributed by atoms with Gasteiger partial charge in [-0.3, -0.25) is 10.1 Å². The fourth-order valence-corrected chi connectivity index (χ4v) is 3.18. The molecule has 0 bridgehead atoms. The molecule has 21 heavy (non-hydrogen) atoms. The van der Waals surface area contributed by atoms with E-state index in [1.165, 1.54) is 23.1 Å². The minimum atomic E-state index is -0.237. The Morgan fingerprint density at radius 1 is 1.43 bits per heavy atom. The first-order valence-corrected chi connectivity index (χ1v) is 8.35. The monoisotopic (exact) mass is 326 g/mol. The normalized spacial score (nSPS) is 12.6. The first-order valence-electron chi connectivity index (χ1n) is 6.66. The Morgan fingerprint density at radius 2 is 2.19 bits per heavy atom. The van der Waals surface area contributed by atoms with Crippen molar-refractivity contribution in [1.82, 2.24) is 25.0 Å². The van der Waals surface area contributed by atoms with Crippen molar-refractivity contribution < 1.29 is 4.79 Å². The number of thioether (sulfide) groups is 1. The molecule has 2 rings (SSSR count). The van der Waals surface area contributed by atoms with Crippen LogP contribution >= 0.6 is 23.1 Å². The number of anilines is 1. The average Bonchev–Trinajstić information content (AvgIpc) is 3.05. The standard InChI is InChI=1S/C12H18N6OS2/c1-5-8(20-12-17-13-6-18(12)4)9(19)14-11-16-15-10(21-11)7(2)3/h6-8H,5H2,1-4H3,(H,14,16,19)/t8-/m0/s1. The van der Waals surface area contributed by atoms with Crippen molar-refractivity contribution >= 4 is 34.1 Å². The van der Waals surface area contributed by atoms with E-state index in [1.807, 2.05) is 27.8 Å². The second-order valence-corrected chi connectivity index (χ2v) is 7.01. The van der Waals surface area contributed by atoms with Crippen LogP contribution in [0.4, 0.5) is 5.13 Å². The molecule has 0 saturated heterocycles. The van der Waals surface area contributed by atoms with E-state index >= 15 is 0 Å². The maximum Gasteiger partial charge on any atom is 0.239 e. The summed E-state index contributed by atoms with van der Waals surface area (Å²) in [5, 5.41) is 20.6. The van der Waals surface area contributed by atoms with Gasteiger partial charge in [-0.05, 0) is 6.42 Å². The lowest BCUT2D eigenvalue weighted by molar-refractivity contribution is -0.115. The highest BCUT2D eigenvalue weighted by atomic mass is 32.2. The molecule has 2 aromatic heterocycles. The molecule has 2 heterocycles. The average molecular weight is 326 g/mol. The van der Waals surface area contributed by atoms with Crippen LogP contribution in [0, 0.1) is 0 Å². The second kappa shape index (κ2) is 6.99. The Hall–Kier alpha value is -1.48. The Kier molecular flexibility index (Phi) is 5.29. The zero-order chi connectivity index (χ0) is 15.4. The van der Waals surface area contributed by atoms with Crippen molar-refractivity contribution in [2.75, 3.05) is 5.32 Å². The summed E-state index contributed by atoms with van der Waals surface area (Å²) in [7, 11) is 1.85. The molecule has 1 atom stereocenters. The quantitative estimate of drug-likeness (QED) is 0.820. The summed E-state index contributed by atoms with van der Waals surface area (Å²) in [6.07, 6.45) is 2.31. The molecule has 0 radical (unpaired) electrons. The topological polar surface area (TPSA) is 85.6 Å². The van der Waals surface area contributed by atoms with Crippen LogP contribution in [0.25, 0.3) is 0 Å². The number of amides is 1. The zero-order valence-electron chi connectivity index (χ0n) is 12.4. The van der Waals surface area contributed by atoms with E-state index in [0.29, 0.717) is 17.5 Å². The molecule has 0 aliphatic rings. The van der Waals surface area contributed by atoms with Gasteiger partial charge in [0, 0.05) is 13.0 Å². The maximum atomic E-state index is 12.3. The van der Waals surface area contributed by atoms with Gasteiger partial charge in [-0.2, -0.15) is 0 Å². The third kappa shape index (κ3) is 4.01. The van der Waals surface area contributed by atoms with Crippen LogP contribution in [-0.4, -0.2) is 36.1 Å². The van der Waals surface area contributed by atoms with Crippen molar-refractivity contribution in [2.45, 2.75) is 43.5 Å². The van der Waals surface area contributed by atoms with Gasteiger partial charge in [-0.1, -0.05) is 43.9 Å². The van der Waals surface area contributed by atoms with Gasteiger partial charge < -0.3 is 4.57 Å². The molecule has 9 heteroatoms. The summed E-state index contributed by atoms with van der Waals surface area (Å²) in [5.74, 6) is 0.222. The molecule has 0 aliphatic heterocycles. The summed E-state index contributed by atoms with van der Waals surface area (Å²) in [6.45, 7) is 6.06. The first kappa shape index (κ1) is 15.9. The van der Waals surface area contributed by atoms with Crippen LogP contribution in [0.2, 0.25) is 0 Å². The highest BCUT2D eigenvalue weighted by Gasteiger charge is 2.21. The van der Waals surface area contributed by atoms with Crippen molar-refractivity contribution in [3.8, 4) is 0 Å². The molecule has 1 N–H and O–H groups in total. The van der Waals surface area contributed by atoms with Gasteiger partial charge in [0.15, 0.2) is 5.16 Å². The Morgan fingerprint density at radius 3 is 2.71 bits per heavy atom. The van der Waals surface area contributed by atoms with Crippen LogP contribution in [0.1, 0.15) is 38.1 Å². The number of aromatic nitrogens is 5. The van der Waals surface area contributed by atoms with Gasteiger partial charge in [0.25, 0.3) is 0 Å². The van der Waals surface area contributed by atoms with Gasteiger partial charge in [0.05, 0.1) is 5.25 Å². The van der Waals surface area contributed by atoms with E-state index in [1.54, 1.807) is 10.9 Å². The van der Waals surface area contributed by atoms with Gasteiger partial charge in [0.2, 0.25) is 11.0 Å². The molecule has 0 spiro atoms. The number of carbonyl (C=O) groups excluding carboxylic acids is 1. The number of carbonyl (C=O) groups is 1. The van der Waals surface area contributed by atoms with Gasteiger partial charge in [0.1, 0.15) is 11.3 Å². The van der Waals surface area contributed by atoms with E-state index in [-0.39, 0.29) is 11.2 Å². The van der Waals surface area contributed by atoms with E-state index in [2.05, 4.69) is 25.7 Å². The van der Waals surface area contributed by atoms with Crippen molar-refractivity contribution in [3.63, 3.8) is 0 Å². The maximum absolute atomic E-state index is 12.3. The fourth-order valence-electron chi connectivity index (χ4n) is 1.53. The summed E-state index contributed by atoms with van der Waals surface area (Å²) in [5.41, 5.74) is 0. The van der Waals surface area contributed by atoms with Gasteiger partial charge in [-0.25, -0.2) is 0 Å². The highest BCUT2D eigenvalue weighted by Crippen LogP contribution is 2.26. The van der Waals surface area contributed by atoms with Crippen molar-refractivity contribution in [2.24, 2.45) is 7.05 Å². The lowest BCUT2D eigenvalue weighted by Crippen LogP contribution is -2.24. The number of hydrogen-bond donors (Lipinski definition) is 1. The molecule has 0 saturated carbocycles. The Bertz CT molecular complexity index is 608. The number of nitrogens with zero attached hydrogens (tertiary/aromatic N) is 5. The van der Waals surface area contributed by atoms with E-state index < -0.39 is 0 Å². The molecular formula is C12H18N6OS2. The second-order valence-electron chi connectivity index (χ2n) is 4.83. The largest absolute Gasteiger partial charge is 0.312 e. The molecule has 0 aliphatic carbocycles. The molecule has 114 valence electrons. The third-order valence-corrected chi connectivity index (χ3v) is 5.30. The predicted molar refractivity (Wildman–Crippen MR) is 83.6 cm³/mol. The lowest BCUT2D eigenvalue weighted by Gasteiger charge is -2.12. The van der Waals surface area contributed by atoms with E-state index in [4.69, 9.17) is 0 Å². The first-order chi connectivity index (χ1) is 10.0. The minimum Gasteiger partial charge on any atom is -0.312 e. The van der Waals surface area contributed by atoms with E-state index in [0.717, 1.165) is 10.2 Å². The third-order valence-electron chi connectivity index (χ3n) is 2.75. The minimum absolute atomic E-state index is 0.0862. The molecule has 1 amide bonds. The molecule has 0 unspecified atom stereocenters. The van der Waals surface area contributed by atoms with Gasteiger partial charge >= 0.3 is 0 Å². The molecule has 2 aromatic rings. The van der Waals surface area contributed by atoms with Crippen LogP contribution < -0.4 is 5.32 Å². The summed E-state index contributed by atoms with van der Waals surface area (Å²) in [4.78, 5) is 12.3. The molecular weight excluding hydrogens is 308 g/mol. The number of rotatable bonds is 6. The van der Waals surface area contributed by atoms with Crippen molar-refractivity contribution in [3.05, 3.63) is 11.3 Å². The van der Waals surface area contributed by atoms with E-state index in [9.17, 15) is 4.79 Å². The lowest BCUT2D eigenvalue weighted by atomic mass is 10.2. The SMILES string of the molecule is CC[C@H](Sc1nncn1C)C(=O)Nc1nnc(C(C)C)s1. The van der Waals surface area contributed by atoms with Crippen LogP contribution in [0.15, 0.2) is 11.5 Å². The highest BCUT2D eigenvalue weighted by molar-refractivity contribution is 8.00. The fraction of sp³-hybridized carbons (Fsp3) is 0.583.